The number of nitrogens with zero attached hydrogens (tertiary/aromatic N) is 1. The second-order valence-corrected chi connectivity index (χ2v) is 6.65. The summed E-state index contributed by atoms with van der Waals surface area (Å²) < 4.78 is 0. The highest BCUT2D eigenvalue weighted by atomic mass is 32.1. The van der Waals surface area contributed by atoms with Crippen LogP contribution in [0.3, 0.4) is 0 Å². The normalized spacial score (nSPS) is 25.3. The predicted molar refractivity (Wildman–Crippen MR) is 80.0 cm³/mol. The molecule has 3 atom stereocenters. The molecule has 0 bridgehead atoms. The van der Waals surface area contributed by atoms with Gasteiger partial charge in [0.15, 0.2) is 0 Å². The Hall–Kier alpha value is -0.870. The van der Waals surface area contributed by atoms with E-state index in [0.717, 1.165) is 13.0 Å². The SMILES string of the molecule is CCC(C)C1NC(c2ccsc2)N(CC(C)C)C1=O. The minimum atomic E-state index is -0.0337. The quantitative estimate of drug-likeness (QED) is 0.898. The Labute approximate surface area is 120 Å². The number of thiophene rings is 1. The van der Waals surface area contributed by atoms with Crippen molar-refractivity contribution < 1.29 is 4.79 Å². The largest absolute Gasteiger partial charge is 0.321 e. The van der Waals surface area contributed by atoms with Crippen LogP contribution < -0.4 is 5.32 Å². The van der Waals surface area contributed by atoms with E-state index in [0.29, 0.717) is 11.8 Å². The van der Waals surface area contributed by atoms with Crippen LogP contribution in [0, 0.1) is 11.8 Å². The first-order chi connectivity index (χ1) is 9.04. The lowest BCUT2D eigenvalue weighted by Gasteiger charge is -2.25. The maximum absolute atomic E-state index is 12.6. The van der Waals surface area contributed by atoms with Gasteiger partial charge in [0.1, 0.15) is 6.17 Å². The molecule has 106 valence electrons. The van der Waals surface area contributed by atoms with E-state index in [1.165, 1.54) is 5.56 Å². The highest BCUT2D eigenvalue weighted by Crippen LogP contribution is 2.30. The van der Waals surface area contributed by atoms with Crippen LogP contribution in [0.15, 0.2) is 16.8 Å². The van der Waals surface area contributed by atoms with Crippen molar-refractivity contribution in [2.75, 3.05) is 6.54 Å². The predicted octanol–water partition coefficient (Wildman–Crippen LogP) is 3.25. The highest BCUT2D eigenvalue weighted by Gasteiger charge is 2.41. The first-order valence-corrected chi connectivity index (χ1v) is 8.07. The molecule has 0 aromatic carbocycles. The van der Waals surface area contributed by atoms with Crippen molar-refractivity contribution in [2.45, 2.75) is 46.3 Å². The molecule has 1 aromatic rings. The lowest BCUT2D eigenvalue weighted by Crippen LogP contribution is -2.36. The third kappa shape index (κ3) is 3.00. The summed E-state index contributed by atoms with van der Waals surface area (Å²) in [6.45, 7) is 9.44. The summed E-state index contributed by atoms with van der Waals surface area (Å²) in [5, 5.41) is 7.74. The Morgan fingerprint density at radius 3 is 2.68 bits per heavy atom. The van der Waals surface area contributed by atoms with Gasteiger partial charge in [-0.3, -0.25) is 10.1 Å². The Kier molecular flexibility index (Phi) is 4.63. The third-order valence-electron chi connectivity index (χ3n) is 3.83. The highest BCUT2D eigenvalue weighted by molar-refractivity contribution is 7.07. The van der Waals surface area contributed by atoms with Crippen LogP contribution in [0.2, 0.25) is 0 Å². The average Bonchev–Trinajstić information content (AvgIpc) is 2.98. The fourth-order valence-corrected chi connectivity index (χ4v) is 3.25. The minimum absolute atomic E-state index is 0.0337. The van der Waals surface area contributed by atoms with E-state index >= 15 is 0 Å². The van der Waals surface area contributed by atoms with Gasteiger partial charge in [-0.1, -0.05) is 34.1 Å². The van der Waals surface area contributed by atoms with Crippen LogP contribution in [0.4, 0.5) is 0 Å². The summed E-state index contributed by atoms with van der Waals surface area (Å²) in [6, 6.07) is 2.08. The Morgan fingerprint density at radius 2 is 2.16 bits per heavy atom. The van der Waals surface area contributed by atoms with Gasteiger partial charge in [-0.25, -0.2) is 0 Å². The number of rotatable bonds is 5. The van der Waals surface area contributed by atoms with E-state index in [1.54, 1.807) is 11.3 Å². The van der Waals surface area contributed by atoms with Crippen LogP contribution in [0.1, 0.15) is 45.8 Å². The molecule has 0 aliphatic carbocycles. The third-order valence-corrected chi connectivity index (χ3v) is 4.53. The summed E-state index contributed by atoms with van der Waals surface area (Å²) in [5.74, 6) is 1.13. The van der Waals surface area contributed by atoms with Crippen molar-refractivity contribution in [3.05, 3.63) is 22.4 Å². The van der Waals surface area contributed by atoms with E-state index < -0.39 is 0 Å². The zero-order valence-electron chi connectivity index (χ0n) is 12.2. The minimum Gasteiger partial charge on any atom is -0.321 e. The molecule has 19 heavy (non-hydrogen) atoms. The smallest absolute Gasteiger partial charge is 0.241 e. The van der Waals surface area contributed by atoms with Crippen LogP contribution in [-0.2, 0) is 4.79 Å². The van der Waals surface area contributed by atoms with Crippen molar-refractivity contribution in [1.29, 1.82) is 0 Å². The molecule has 3 nitrogen and oxygen atoms in total. The van der Waals surface area contributed by atoms with Crippen molar-refractivity contribution in [3.63, 3.8) is 0 Å². The molecule has 1 saturated heterocycles. The van der Waals surface area contributed by atoms with Gasteiger partial charge in [0.2, 0.25) is 5.91 Å². The van der Waals surface area contributed by atoms with Crippen molar-refractivity contribution in [1.82, 2.24) is 10.2 Å². The second kappa shape index (κ2) is 6.06. The number of amides is 1. The number of nitrogens with one attached hydrogen (secondary N) is 1. The fraction of sp³-hybridized carbons (Fsp3) is 0.667. The molecule has 2 heterocycles. The number of carbonyl (C=O) groups is 1. The molecule has 3 unspecified atom stereocenters. The number of carbonyl (C=O) groups excluding carboxylic acids is 1. The van der Waals surface area contributed by atoms with Crippen LogP contribution >= 0.6 is 11.3 Å². The number of hydrogen-bond donors (Lipinski definition) is 1. The Morgan fingerprint density at radius 1 is 1.42 bits per heavy atom. The van der Waals surface area contributed by atoms with E-state index in [4.69, 9.17) is 0 Å². The first kappa shape index (κ1) is 14.5. The van der Waals surface area contributed by atoms with Gasteiger partial charge >= 0.3 is 0 Å². The lowest BCUT2D eigenvalue weighted by molar-refractivity contribution is -0.131. The molecule has 0 radical (unpaired) electrons. The van der Waals surface area contributed by atoms with Gasteiger partial charge < -0.3 is 4.90 Å². The van der Waals surface area contributed by atoms with Gasteiger partial charge in [0.25, 0.3) is 0 Å². The summed E-state index contributed by atoms with van der Waals surface area (Å²) in [7, 11) is 0. The molecule has 1 aromatic heterocycles. The molecule has 1 fully saturated rings. The molecule has 0 spiro atoms. The second-order valence-electron chi connectivity index (χ2n) is 5.87. The van der Waals surface area contributed by atoms with Crippen molar-refractivity contribution >= 4 is 17.2 Å². The molecule has 1 aliphatic rings. The molecular formula is C15H24N2OS. The van der Waals surface area contributed by atoms with Crippen LogP contribution in [-0.4, -0.2) is 23.4 Å². The Bertz CT molecular complexity index is 416. The van der Waals surface area contributed by atoms with Gasteiger partial charge in [0.05, 0.1) is 6.04 Å². The van der Waals surface area contributed by atoms with Crippen molar-refractivity contribution in [3.8, 4) is 0 Å². The summed E-state index contributed by atoms with van der Waals surface area (Å²) in [6.07, 6.45) is 1.08. The van der Waals surface area contributed by atoms with Crippen LogP contribution in [0.25, 0.3) is 0 Å². The maximum Gasteiger partial charge on any atom is 0.241 e. The summed E-state index contributed by atoms with van der Waals surface area (Å²) in [4.78, 5) is 14.6. The van der Waals surface area contributed by atoms with E-state index in [2.05, 4.69) is 49.8 Å². The molecule has 1 N–H and O–H groups in total. The summed E-state index contributed by atoms with van der Waals surface area (Å²) in [5.41, 5.74) is 1.21. The topological polar surface area (TPSA) is 32.3 Å². The first-order valence-electron chi connectivity index (χ1n) is 7.13. The average molecular weight is 280 g/mol. The standard InChI is InChI=1S/C15H24N2OS/c1-5-11(4)13-15(18)17(8-10(2)3)14(16-13)12-6-7-19-9-12/h6-7,9-11,13-14,16H,5,8H2,1-4H3. The molecule has 0 saturated carbocycles. The number of hydrogen-bond acceptors (Lipinski definition) is 3. The summed E-state index contributed by atoms with van der Waals surface area (Å²) >= 11 is 1.69. The van der Waals surface area contributed by atoms with Gasteiger partial charge in [-0.05, 0) is 34.2 Å². The maximum atomic E-state index is 12.6. The molecule has 2 rings (SSSR count). The molecular weight excluding hydrogens is 256 g/mol. The Balaban J connectivity index is 2.22. The monoisotopic (exact) mass is 280 g/mol. The lowest BCUT2D eigenvalue weighted by atomic mass is 9.99. The zero-order valence-corrected chi connectivity index (χ0v) is 13.0. The van der Waals surface area contributed by atoms with Crippen molar-refractivity contribution in [2.24, 2.45) is 11.8 Å². The van der Waals surface area contributed by atoms with Gasteiger partial charge in [-0.15, -0.1) is 0 Å². The van der Waals surface area contributed by atoms with Gasteiger partial charge in [0, 0.05) is 6.54 Å². The van der Waals surface area contributed by atoms with E-state index in [9.17, 15) is 4.79 Å². The van der Waals surface area contributed by atoms with E-state index in [1.807, 2.05) is 4.90 Å². The molecule has 1 aliphatic heterocycles. The van der Waals surface area contributed by atoms with Gasteiger partial charge in [-0.2, -0.15) is 11.3 Å². The fourth-order valence-electron chi connectivity index (χ4n) is 2.58. The van der Waals surface area contributed by atoms with Crippen LogP contribution in [0.5, 0.6) is 0 Å². The zero-order chi connectivity index (χ0) is 14.0. The molecule has 1 amide bonds. The van der Waals surface area contributed by atoms with E-state index in [-0.39, 0.29) is 18.1 Å². The molecule has 4 heteroatoms.